The number of ether oxygens (including phenoxy) is 2. The molecule has 2 aliphatic rings. The van der Waals surface area contributed by atoms with Crippen molar-refractivity contribution in [3.05, 3.63) is 41.5 Å². The van der Waals surface area contributed by atoms with Gasteiger partial charge in [-0.25, -0.2) is 8.42 Å². The van der Waals surface area contributed by atoms with E-state index in [2.05, 4.69) is 4.72 Å². The lowest BCUT2D eigenvalue weighted by Crippen LogP contribution is -2.39. The number of benzene rings is 2. The number of nitrogens with zero attached hydrogens (tertiary/aromatic N) is 1. The van der Waals surface area contributed by atoms with Gasteiger partial charge in [-0.1, -0.05) is 0 Å². The summed E-state index contributed by atoms with van der Waals surface area (Å²) in [7, 11) is -0.761. The van der Waals surface area contributed by atoms with Crippen LogP contribution in [0.25, 0.3) is 0 Å². The van der Waals surface area contributed by atoms with E-state index in [1.807, 2.05) is 0 Å². The van der Waals surface area contributed by atoms with E-state index in [0.717, 1.165) is 29.7 Å². The zero-order chi connectivity index (χ0) is 19.9. The lowest BCUT2D eigenvalue weighted by molar-refractivity contribution is -0.119. The summed E-state index contributed by atoms with van der Waals surface area (Å²) < 4.78 is 39.1. The first-order valence-electron chi connectivity index (χ1n) is 9.14. The number of rotatable bonds is 5. The molecule has 4 rings (SSSR count). The highest BCUT2D eigenvalue weighted by Crippen LogP contribution is 2.38. The summed E-state index contributed by atoms with van der Waals surface area (Å²) in [5.74, 6) is 1.08. The molecular weight excluding hydrogens is 380 g/mol. The Labute approximate surface area is 164 Å². The predicted octanol–water partition coefficient (Wildman–Crippen LogP) is 2.73. The molecule has 148 valence electrons. The van der Waals surface area contributed by atoms with E-state index in [-0.39, 0.29) is 10.8 Å². The molecule has 2 aromatic carbocycles. The molecule has 0 spiro atoms. The van der Waals surface area contributed by atoms with Crippen LogP contribution in [0.15, 0.2) is 35.2 Å². The number of hydrogen-bond donors (Lipinski definition) is 1. The second-order valence-electron chi connectivity index (χ2n) is 6.91. The standard InChI is InChI=1S/C20H22N2O5S/c1-26-17-7-6-15(12-18(17)27-2)21-28(24,25)16-10-13-4-3-9-22-19(23)8-5-14(11-16)20(13)22/h6-7,10-12,21H,3-5,8-9H2,1-2H3. The quantitative estimate of drug-likeness (QED) is 0.831. The maximum absolute atomic E-state index is 13.0. The molecule has 0 unspecified atom stereocenters. The lowest BCUT2D eigenvalue weighted by Gasteiger charge is -2.35. The monoisotopic (exact) mass is 402 g/mol. The molecule has 1 N–H and O–H groups in total. The molecule has 0 saturated heterocycles. The third-order valence-electron chi connectivity index (χ3n) is 5.19. The number of nitrogens with one attached hydrogen (secondary N) is 1. The summed E-state index contributed by atoms with van der Waals surface area (Å²) in [5.41, 5.74) is 3.14. The summed E-state index contributed by atoms with van der Waals surface area (Å²) in [4.78, 5) is 14.2. The van der Waals surface area contributed by atoms with Crippen LogP contribution in [-0.4, -0.2) is 35.1 Å². The number of methoxy groups -OCH3 is 2. The number of carbonyl (C=O) groups is 1. The van der Waals surface area contributed by atoms with Crippen LogP contribution in [0.4, 0.5) is 11.4 Å². The van der Waals surface area contributed by atoms with Gasteiger partial charge in [0.05, 0.1) is 30.5 Å². The topological polar surface area (TPSA) is 84.9 Å². The highest BCUT2D eigenvalue weighted by Gasteiger charge is 2.31. The fourth-order valence-electron chi connectivity index (χ4n) is 3.89. The van der Waals surface area contributed by atoms with E-state index < -0.39 is 10.0 Å². The molecule has 0 fully saturated rings. The fourth-order valence-corrected chi connectivity index (χ4v) is 5.04. The molecule has 0 aromatic heterocycles. The Morgan fingerprint density at radius 2 is 1.68 bits per heavy atom. The molecule has 7 nitrogen and oxygen atoms in total. The molecule has 0 aliphatic carbocycles. The maximum atomic E-state index is 13.0. The Kier molecular flexibility index (Phi) is 4.66. The Morgan fingerprint density at radius 3 is 2.39 bits per heavy atom. The van der Waals surface area contributed by atoms with Crippen molar-refractivity contribution in [2.24, 2.45) is 0 Å². The van der Waals surface area contributed by atoms with Gasteiger partial charge in [-0.2, -0.15) is 0 Å². The van der Waals surface area contributed by atoms with Crippen molar-refractivity contribution in [3.63, 3.8) is 0 Å². The van der Waals surface area contributed by atoms with E-state index in [4.69, 9.17) is 9.47 Å². The summed E-state index contributed by atoms with van der Waals surface area (Å²) >= 11 is 0. The first-order chi connectivity index (χ1) is 13.4. The molecule has 0 saturated carbocycles. The number of aryl methyl sites for hydroxylation is 2. The number of anilines is 2. The summed E-state index contributed by atoms with van der Waals surface area (Å²) in [5, 5.41) is 0. The van der Waals surface area contributed by atoms with Gasteiger partial charge in [0, 0.05) is 19.0 Å². The van der Waals surface area contributed by atoms with Gasteiger partial charge in [0.25, 0.3) is 10.0 Å². The predicted molar refractivity (Wildman–Crippen MR) is 106 cm³/mol. The third-order valence-corrected chi connectivity index (χ3v) is 6.56. The first kappa shape index (κ1) is 18.6. The summed E-state index contributed by atoms with van der Waals surface area (Å²) in [6, 6.07) is 8.23. The minimum Gasteiger partial charge on any atom is -0.493 e. The minimum atomic E-state index is -3.78. The van der Waals surface area contributed by atoms with Gasteiger partial charge < -0.3 is 14.4 Å². The average molecular weight is 402 g/mol. The number of carbonyl (C=O) groups excluding carboxylic acids is 1. The second-order valence-corrected chi connectivity index (χ2v) is 8.60. The maximum Gasteiger partial charge on any atom is 0.261 e. The molecule has 2 aromatic rings. The Morgan fingerprint density at radius 1 is 0.964 bits per heavy atom. The van der Waals surface area contributed by atoms with E-state index >= 15 is 0 Å². The van der Waals surface area contributed by atoms with Crippen LogP contribution in [0.1, 0.15) is 24.0 Å². The van der Waals surface area contributed by atoms with Crippen molar-refractivity contribution >= 4 is 27.3 Å². The molecule has 8 heteroatoms. The van der Waals surface area contributed by atoms with Crippen LogP contribution in [0.2, 0.25) is 0 Å². The molecule has 28 heavy (non-hydrogen) atoms. The van der Waals surface area contributed by atoms with Crippen molar-refractivity contribution < 1.29 is 22.7 Å². The van der Waals surface area contributed by atoms with E-state index in [9.17, 15) is 13.2 Å². The molecule has 2 heterocycles. The van der Waals surface area contributed by atoms with Crippen molar-refractivity contribution in [2.75, 3.05) is 30.4 Å². The third kappa shape index (κ3) is 3.17. The van der Waals surface area contributed by atoms with E-state index in [1.165, 1.54) is 14.2 Å². The first-order valence-corrected chi connectivity index (χ1v) is 10.6. The zero-order valence-electron chi connectivity index (χ0n) is 15.8. The highest BCUT2D eigenvalue weighted by atomic mass is 32.2. The van der Waals surface area contributed by atoms with Gasteiger partial charge >= 0.3 is 0 Å². The number of sulfonamides is 1. The van der Waals surface area contributed by atoms with E-state index in [1.54, 1.807) is 35.2 Å². The Balaban J connectivity index is 1.70. The van der Waals surface area contributed by atoms with Crippen molar-refractivity contribution in [1.82, 2.24) is 0 Å². The van der Waals surface area contributed by atoms with Gasteiger partial charge in [-0.05, 0) is 54.7 Å². The Hall–Kier alpha value is -2.74. The normalized spacial score (nSPS) is 15.8. The largest absolute Gasteiger partial charge is 0.493 e. The van der Waals surface area contributed by atoms with Gasteiger partial charge in [0.2, 0.25) is 5.91 Å². The van der Waals surface area contributed by atoms with Crippen LogP contribution in [0, 0.1) is 0 Å². The Bertz CT molecular complexity index is 1030. The molecule has 0 atom stereocenters. The lowest BCUT2D eigenvalue weighted by atomic mass is 9.92. The molecule has 2 aliphatic heterocycles. The second kappa shape index (κ2) is 7.01. The molecule has 0 bridgehead atoms. The van der Waals surface area contributed by atoms with Crippen LogP contribution >= 0.6 is 0 Å². The van der Waals surface area contributed by atoms with Crippen LogP contribution in [0.3, 0.4) is 0 Å². The van der Waals surface area contributed by atoms with Crippen LogP contribution < -0.4 is 19.1 Å². The number of hydrogen-bond acceptors (Lipinski definition) is 5. The average Bonchev–Trinajstić information content (AvgIpc) is 2.70. The van der Waals surface area contributed by atoms with Crippen molar-refractivity contribution in [1.29, 1.82) is 0 Å². The highest BCUT2D eigenvalue weighted by molar-refractivity contribution is 7.92. The minimum absolute atomic E-state index is 0.118. The van der Waals surface area contributed by atoms with Gasteiger partial charge in [-0.3, -0.25) is 9.52 Å². The smallest absolute Gasteiger partial charge is 0.261 e. The zero-order valence-corrected chi connectivity index (χ0v) is 16.6. The fraction of sp³-hybridized carbons (Fsp3) is 0.350. The van der Waals surface area contributed by atoms with Gasteiger partial charge in [-0.15, -0.1) is 0 Å². The summed E-state index contributed by atoms with van der Waals surface area (Å²) in [6.07, 6.45) is 2.59. The van der Waals surface area contributed by atoms with Gasteiger partial charge in [0.15, 0.2) is 11.5 Å². The van der Waals surface area contributed by atoms with Gasteiger partial charge in [0.1, 0.15) is 0 Å². The van der Waals surface area contributed by atoms with Crippen molar-refractivity contribution in [3.8, 4) is 11.5 Å². The number of amides is 1. The van der Waals surface area contributed by atoms with Crippen LogP contribution in [0.5, 0.6) is 11.5 Å². The van der Waals surface area contributed by atoms with Crippen molar-refractivity contribution in [2.45, 2.75) is 30.6 Å². The molecule has 1 amide bonds. The SMILES string of the molecule is COc1ccc(NS(=O)(=O)c2cc3c4c(c2)CCC(=O)N4CCC3)cc1OC. The van der Waals surface area contributed by atoms with Crippen LogP contribution in [-0.2, 0) is 27.7 Å². The molecular formula is C20H22N2O5S. The van der Waals surface area contributed by atoms with E-state index in [0.29, 0.717) is 36.6 Å². The summed E-state index contributed by atoms with van der Waals surface area (Å²) in [6.45, 7) is 0.703. The molecule has 0 radical (unpaired) electrons.